The summed E-state index contributed by atoms with van der Waals surface area (Å²) in [6, 6.07) is 7.57. The first-order valence-electron chi connectivity index (χ1n) is 6.77. The van der Waals surface area contributed by atoms with Crippen LogP contribution in [0.25, 0.3) is 0 Å². The third-order valence-electron chi connectivity index (χ3n) is 3.30. The van der Waals surface area contributed by atoms with E-state index < -0.39 is 0 Å². The number of carbonyl (C=O) groups is 1. The second-order valence-corrected chi connectivity index (χ2v) is 5.89. The zero-order valence-electron chi connectivity index (χ0n) is 12.6. The first-order valence-corrected chi connectivity index (χ1v) is 7.99. The van der Waals surface area contributed by atoms with Gasteiger partial charge in [-0.05, 0) is 57.8 Å². The normalized spacial score (nSPS) is 14.1. The van der Waals surface area contributed by atoms with Crippen molar-refractivity contribution in [2.24, 2.45) is 0 Å². The second kappa shape index (κ2) is 8.29. The van der Waals surface area contributed by atoms with Crippen LogP contribution in [0.2, 0.25) is 0 Å². The largest absolute Gasteiger partial charge is 0.393 e. The Morgan fingerprint density at radius 3 is 2.45 bits per heavy atom. The molecule has 2 unspecified atom stereocenters. The van der Waals surface area contributed by atoms with Crippen molar-refractivity contribution in [2.75, 3.05) is 25.2 Å². The highest BCUT2D eigenvalue weighted by molar-refractivity contribution is 7.98. The van der Waals surface area contributed by atoms with Crippen molar-refractivity contribution in [3.63, 3.8) is 0 Å². The van der Waals surface area contributed by atoms with Crippen molar-refractivity contribution in [1.82, 2.24) is 4.90 Å². The maximum Gasteiger partial charge on any atom is 0.241 e. The first-order chi connectivity index (χ1) is 9.43. The van der Waals surface area contributed by atoms with Crippen LogP contribution in [0, 0.1) is 0 Å². The molecule has 0 saturated heterocycles. The number of nitrogens with one attached hydrogen (secondary N) is 1. The molecule has 1 aromatic carbocycles. The number of amides is 1. The molecule has 0 fully saturated rings. The summed E-state index contributed by atoms with van der Waals surface area (Å²) in [5.41, 5.74) is 0.809. The van der Waals surface area contributed by atoms with Crippen molar-refractivity contribution in [2.45, 2.75) is 37.3 Å². The van der Waals surface area contributed by atoms with Gasteiger partial charge in [0.1, 0.15) is 0 Å². The molecule has 4 nitrogen and oxygen atoms in total. The van der Waals surface area contributed by atoms with E-state index in [9.17, 15) is 9.90 Å². The van der Waals surface area contributed by atoms with Crippen LogP contribution >= 0.6 is 11.8 Å². The number of thioether (sulfide) groups is 1. The lowest BCUT2D eigenvalue weighted by Gasteiger charge is -2.24. The minimum atomic E-state index is -0.341. The number of hydrogen-bond donors (Lipinski definition) is 2. The standard InChI is InChI=1S/C15H24N2O2S/c1-11(18)9-10-17(3)12(2)15(19)16-13-5-7-14(20-4)8-6-13/h5-8,11-12,18H,9-10H2,1-4H3,(H,16,19). The van der Waals surface area contributed by atoms with Gasteiger partial charge in [0.05, 0.1) is 12.1 Å². The Hall–Kier alpha value is -1.04. The molecule has 112 valence electrons. The van der Waals surface area contributed by atoms with E-state index in [0.29, 0.717) is 13.0 Å². The lowest BCUT2D eigenvalue weighted by atomic mass is 10.2. The summed E-state index contributed by atoms with van der Waals surface area (Å²) in [5.74, 6) is -0.0324. The molecule has 0 radical (unpaired) electrons. The highest BCUT2D eigenvalue weighted by Gasteiger charge is 2.18. The maximum atomic E-state index is 12.1. The molecule has 0 aliphatic heterocycles. The molecule has 0 aliphatic carbocycles. The lowest BCUT2D eigenvalue weighted by molar-refractivity contribution is -0.120. The number of hydrogen-bond acceptors (Lipinski definition) is 4. The van der Waals surface area contributed by atoms with E-state index >= 15 is 0 Å². The minimum absolute atomic E-state index is 0.0324. The van der Waals surface area contributed by atoms with E-state index in [0.717, 1.165) is 5.69 Å². The average Bonchev–Trinajstić information content (AvgIpc) is 2.44. The van der Waals surface area contributed by atoms with Gasteiger partial charge in [0.15, 0.2) is 0 Å². The molecule has 1 aromatic rings. The van der Waals surface area contributed by atoms with E-state index in [1.807, 2.05) is 49.4 Å². The lowest BCUT2D eigenvalue weighted by Crippen LogP contribution is -2.40. The topological polar surface area (TPSA) is 52.6 Å². The van der Waals surface area contributed by atoms with Crippen molar-refractivity contribution >= 4 is 23.4 Å². The minimum Gasteiger partial charge on any atom is -0.393 e. The molecule has 5 heteroatoms. The number of carbonyl (C=O) groups excluding carboxylic acids is 1. The van der Waals surface area contributed by atoms with Gasteiger partial charge in [-0.1, -0.05) is 0 Å². The summed E-state index contributed by atoms with van der Waals surface area (Å²) < 4.78 is 0. The number of benzene rings is 1. The smallest absolute Gasteiger partial charge is 0.241 e. The van der Waals surface area contributed by atoms with Gasteiger partial charge in [0.25, 0.3) is 0 Å². The number of nitrogens with zero attached hydrogens (tertiary/aromatic N) is 1. The van der Waals surface area contributed by atoms with Crippen molar-refractivity contribution < 1.29 is 9.90 Å². The zero-order chi connectivity index (χ0) is 15.1. The zero-order valence-corrected chi connectivity index (χ0v) is 13.4. The molecular formula is C15H24N2O2S. The first kappa shape index (κ1) is 17.0. The van der Waals surface area contributed by atoms with Crippen molar-refractivity contribution in [1.29, 1.82) is 0 Å². The van der Waals surface area contributed by atoms with Crippen LogP contribution in [-0.2, 0) is 4.79 Å². The molecule has 0 aliphatic rings. The third kappa shape index (κ3) is 5.53. The van der Waals surface area contributed by atoms with E-state index in [2.05, 4.69) is 5.32 Å². The van der Waals surface area contributed by atoms with Gasteiger partial charge in [-0.2, -0.15) is 0 Å². The summed E-state index contributed by atoms with van der Waals surface area (Å²) >= 11 is 1.67. The molecule has 0 aromatic heterocycles. The fourth-order valence-electron chi connectivity index (χ4n) is 1.71. The van der Waals surface area contributed by atoms with Gasteiger partial charge in [0.2, 0.25) is 5.91 Å². The monoisotopic (exact) mass is 296 g/mol. The number of rotatable bonds is 7. The summed E-state index contributed by atoms with van der Waals surface area (Å²) in [6.07, 6.45) is 2.34. The van der Waals surface area contributed by atoms with E-state index in [-0.39, 0.29) is 18.1 Å². The Balaban J connectivity index is 2.51. The molecule has 1 amide bonds. The van der Waals surface area contributed by atoms with E-state index in [1.165, 1.54) is 4.90 Å². The number of aliphatic hydroxyl groups excluding tert-OH is 1. The Morgan fingerprint density at radius 2 is 1.95 bits per heavy atom. The summed E-state index contributed by atoms with van der Waals surface area (Å²) in [5, 5.41) is 12.2. The Morgan fingerprint density at radius 1 is 1.35 bits per heavy atom. The molecule has 0 saturated carbocycles. The summed E-state index contributed by atoms with van der Waals surface area (Å²) in [6.45, 7) is 4.32. The van der Waals surface area contributed by atoms with Gasteiger partial charge >= 0.3 is 0 Å². The van der Waals surface area contributed by atoms with Crippen molar-refractivity contribution in [3.05, 3.63) is 24.3 Å². The van der Waals surface area contributed by atoms with Crippen LogP contribution in [-0.4, -0.2) is 47.9 Å². The predicted octanol–water partition coefficient (Wildman–Crippen LogP) is 2.44. The quantitative estimate of drug-likeness (QED) is 0.759. The van der Waals surface area contributed by atoms with Crippen LogP contribution < -0.4 is 5.32 Å². The van der Waals surface area contributed by atoms with E-state index in [4.69, 9.17) is 0 Å². The van der Waals surface area contributed by atoms with Crippen LogP contribution in [0.15, 0.2) is 29.2 Å². The van der Waals surface area contributed by atoms with Crippen LogP contribution in [0.1, 0.15) is 20.3 Å². The van der Waals surface area contributed by atoms with Crippen molar-refractivity contribution in [3.8, 4) is 0 Å². The highest BCUT2D eigenvalue weighted by atomic mass is 32.2. The molecule has 2 N–H and O–H groups in total. The van der Waals surface area contributed by atoms with Gasteiger partial charge in [-0.15, -0.1) is 11.8 Å². The summed E-state index contributed by atoms with van der Waals surface area (Å²) in [4.78, 5) is 15.2. The van der Waals surface area contributed by atoms with Crippen LogP contribution in [0.3, 0.4) is 0 Å². The van der Waals surface area contributed by atoms with Crippen LogP contribution in [0.4, 0.5) is 5.69 Å². The average molecular weight is 296 g/mol. The number of anilines is 1. The number of likely N-dealkylation sites (N-methyl/N-ethyl adjacent to an activating group) is 1. The molecule has 0 heterocycles. The predicted molar refractivity (Wildman–Crippen MR) is 85.2 cm³/mol. The highest BCUT2D eigenvalue weighted by Crippen LogP contribution is 2.17. The fraction of sp³-hybridized carbons (Fsp3) is 0.533. The molecule has 2 atom stereocenters. The van der Waals surface area contributed by atoms with Gasteiger partial charge in [0, 0.05) is 17.1 Å². The Labute approximate surface area is 125 Å². The molecular weight excluding hydrogens is 272 g/mol. The third-order valence-corrected chi connectivity index (χ3v) is 4.04. The fourth-order valence-corrected chi connectivity index (χ4v) is 2.11. The summed E-state index contributed by atoms with van der Waals surface area (Å²) in [7, 11) is 1.89. The van der Waals surface area contributed by atoms with Gasteiger partial charge < -0.3 is 10.4 Å². The van der Waals surface area contributed by atoms with Gasteiger partial charge in [-0.25, -0.2) is 0 Å². The molecule has 20 heavy (non-hydrogen) atoms. The van der Waals surface area contributed by atoms with E-state index in [1.54, 1.807) is 18.7 Å². The second-order valence-electron chi connectivity index (χ2n) is 5.01. The van der Waals surface area contributed by atoms with Gasteiger partial charge in [-0.3, -0.25) is 9.69 Å². The SMILES string of the molecule is CSc1ccc(NC(=O)C(C)N(C)CCC(C)O)cc1. The Bertz CT molecular complexity index is 420. The molecule has 1 rings (SSSR count). The number of aliphatic hydroxyl groups is 1. The maximum absolute atomic E-state index is 12.1. The molecule has 0 bridgehead atoms. The van der Waals surface area contributed by atoms with Crippen LogP contribution in [0.5, 0.6) is 0 Å². The molecule has 0 spiro atoms. The Kier molecular flexibility index (Phi) is 7.05.